The fourth-order valence-electron chi connectivity index (χ4n) is 2.11. The fraction of sp³-hybridized carbons (Fsp3) is 0.778. The number of aliphatic hydroxyl groups is 2. The second-order valence-electron chi connectivity index (χ2n) is 3.87. The molecular weight excluding hydrogens is 140 g/mol. The molecule has 0 aromatic heterocycles. The summed E-state index contributed by atoms with van der Waals surface area (Å²) < 4.78 is 0. The van der Waals surface area contributed by atoms with Crippen LogP contribution in [0.15, 0.2) is 12.2 Å². The Kier molecular flexibility index (Phi) is 1.38. The molecule has 0 aliphatic heterocycles. The summed E-state index contributed by atoms with van der Waals surface area (Å²) >= 11 is 0. The van der Waals surface area contributed by atoms with E-state index in [1.165, 1.54) is 0 Å². The van der Waals surface area contributed by atoms with Crippen molar-refractivity contribution in [3.05, 3.63) is 12.2 Å². The molecule has 1 spiro atoms. The molecule has 2 aliphatic carbocycles. The average molecular weight is 154 g/mol. The summed E-state index contributed by atoms with van der Waals surface area (Å²) in [6.07, 6.45) is 2.68. The van der Waals surface area contributed by atoms with Crippen LogP contribution in [0.4, 0.5) is 0 Å². The Hall–Kier alpha value is -0.340. The van der Waals surface area contributed by atoms with Crippen LogP contribution in [0.25, 0.3) is 0 Å². The standard InChI is InChI=1S/C9H14O2/c1-6-4-7(10)5-8(11)9(6)2-3-9/h7-8,10-11H,1-5H2. The molecule has 2 aliphatic rings. The molecule has 2 N–H and O–H groups in total. The molecule has 2 saturated carbocycles. The summed E-state index contributed by atoms with van der Waals surface area (Å²) in [4.78, 5) is 0. The maximum Gasteiger partial charge on any atom is 0.0658 e. The number of hydrogen-bond acceptors (Lipinski definition) is 2. The lowest BCUT2D eigenvalue weighted by Crippen LogP contribution is -2.34. The molecule has 2 fully saturated rings. The zero-order valence-electron chi connectivity index (χ0n) is 6.58. The highest BCUT2D eigenvalue weighted by atomic mass is 16.3. The van der Waals surface area contributed by atoms with Crippen molar-refractivity contribution in [3.63, 3.8) is 0 Å². The number of hydrogen-bond donors (Lipinski definition) is 2. The molecule has 0 radical (unpaired) electrons. The van der Waals surface area contributed by atoms with E-state index in [-0.39, 0.29) is 17.6 Å². The van der Waals surface area contributed by atoms with Gasteiger partial charge in [0.05, 0.1) is 12.2 Å². The predicted molar refractivity (Wildman–Crippen MR) is 42.1 cm³/mol. The van der Waals surface area contributed by atoms with Gasteiger partial charge in [-0.25, -0.2) is 0 Å². The van der Waals surface area contributed by atoms with E-state index < -0.39 is 0 Å². The Morgan fingerprint density at radius 2 is 2.00 bits per heavy atom. The molecule has 11 heavy (non-hydrogen) atoms. The van der Waals surface area contributed by atoms with E-state index in [1.54, 1.807) is 0 Å². The van der Waals surface area contributed by atoms with Crippen molar-refractivity contribution < 1.29 is 10.2 Å². The molecule has 2 nitrogen and oxygen atoms in total. The van der Waals surface area contributed by atoms with Gasteiger partial charge in [-0.2, -0.15) is 0 Å². The van der Waals surface area contributed by atoms with Gasteiger partial charge in [0.2, 0.25) is 0 Å². The first-order valence-electron chi connectivity index (χ1n) is 4.19. The van der Waals surface area contributed by atoms with Crippen LogP contribution >= 0.6 is 0 Å². The first kappa shape index (κ1) is 7.32. The number of rotatable bonds is 0. The summed E-state index contributed by atoms with van der Waals surface area (Å²) in [6.45, 7) is 3.91. The highest BCUT2D eigenvalue weighted by Gasteiger charge is 2.53. The second-order valence-corrected chi connectivity index (χ2v) is 3.87. The normalized spacial score (nSPS) is 41.1. The maximum absolute atomic E-state index is 9.62. The third-order valence-electron chi connectivity index (χ3n) is 3.11. The predicted octanol–water partition coefficient (Wildman–Crippen LogP) is 0.838. The highest BCUT2D eigenvalue weighted by Crippen LogP contribution is 2.58. The molecule has 0 aromatic carbocycles. The Morgan fingerprint density at radius 1 is 1.36 bits per heavy atom. The van der Waals surface area contributed by atoms with Crippen LogP contribution in [0, 0.1) is 5.41 Å². The molecule has 2 atom stereocenters. The molecule has 0 aromatic rings. The van der Waals surface area contributed by atoms with Gasteiger partial charge in [0.15, 0.2) is 0 Å². The van der Waals surface area contributed by atoms with Crippen molar-refractivity contribution in [2.24, 2.45) is 5.41 Å². The summed E-state index contributed by atoms with van der Waals surface area (Å²) in [5.41, 5.74) is 1.09. The molecular formula is C9H14O2. The van der Waals surface area contributed by atoms with Crippen LogP contribution in [0.2, 0.25) is 0 Å². The van der Waals surface area contributed by atoms with Gasteiger partial charge in [-0.05, 0) is 19.3 Å². The molecule has 0 saturated heterocycles. The van der Waals surface area contributed by atoms with E-state index in [1.807, 2.05) is 0 Å². The van der Waals surface area contributed by atoms with Crippen molar-refractivity contribution >= 4 is 0 Å². The van der Waals surface area contributed by atoms with E-state index >= 15 is 0 Å². The van der Waals surface area contributed by atoms with Crippen LogP contribution in [-0.4, -0.2) is 22.4 Å². The molecule has 62 valence electrons. The Morgan fingerprint density at radius 3 is 2.45 bits per heavy atom. The highest BCUT2D eigenvalue weighted by molar-refractivity contribution is 5.25. The van der Waals surface area contributed by atoms with Gasteiger partial charge in [-0.15, -0.1) is 0 Å². The smallest absolute Gasteiger partial charge is 0.0658 e. The molecule has 2 heteroatoms. The summed E-state index contributed by atoms with van der Waals surface area (Å²) in [5.74, 6) is 0. The largest absolute Gasteiger partial charge is 0.393 e. The van der Waals surface area contributed by atoms with Gasteiger partial charge in [0.1, 0.15) is 0 Å². The van der Waals surface area contributed by atoms with Crippen LogP contribution in [0.1, 0.15) is 25.7 Å². The van der Waals surface area contributed by atoms with Crippen molar-refractivity contribution in [3.8, 4) is 0 Å². The minimum absolute atomic E-state index is 0.0270. The molecule has 0 amide bonds. The lowest BCUT2D eigenvalue weighted by molar-refractivity contribution is 0.0190. The van der Waals surface area contributed by atoms with E-state index in [4.69, 9.17) is 0 Å². The molecule has 0 heterocycles. The first-order chi connectivity index (χ1) is 5.15. The van der Waals surface area contributed by atoms with Gasteiger partial charge in [0, 0.05) is 11.8 Å². The molecule has 0 bridgehead atoms. The summed E-state index contributed by atoms with van der Waals surface area (Å²) in [5, 5.41) is 18.9. The van der Waals surface area contributed by atoms with Gasteiger partial charge < -0.3 is 10.2 Å². The Balaban J connectivity index is 2.16. The quantitative estimate of drug-likeness (QED) is 0.507. The van der Waals surface area contributed by atoms with E-state index in [2.05, 4.69) is 6.58 Å². The van der Waals surface area contributed by atoms with Crippen molar-refractivity contribution in [1.29, 1.82) is 0 Å². The van der Waals surface area contributed by atoms with Gasteiger partial charge in [0.25, 0.3) is 0 Å². The van der Waals surface area contributed by atoms with Gasteiger partial charge in [-0.3, -0.25) is 0 Å². The van der Waals surface area contributed by atoms with Crippen molar-refractivity contribution in [2.75, 3.05) is 0 Å². The van der Waals surface area contributed by atoms with Crippen LogP contribution in [0.5, 0.6) is 0 Å². The van der Waals surface area contributed by atoms with Crippen LogP contribution in [-0.2, 0) is 0 Å². The van der Waals surface area contributed by atoms with Gasteiger partial charge in [-0.1, -0.05) is 12.2 Å². The maximum atomic E-state index is 9.62. The minimum Gasteiger partial charge on any atom is -0.393 e. The molecule has 2 unspecified atom stereocenters. The van der Waals surface area contributed by atoms with Crippen molar-refractivity contribution in [1.82, 2.24) is 0 Å². The van der Waals surface area contributed by atoms with Gasteiger partial charge >= 0.3 is 0 Å². The zero-order chi connectivity index (χ0) is 8.06. The minimum atomic E-state index is -0.358. The molecule has 2 rings (SSSR count). The second kappa shape index (κ2) is 2.08. The monoisotopic (exact) mass is 154 g/mol. The third kappa shape index (κ3) is 0.932. The Bertz CT molecular complexity index is 194. The lowest BCUT2D eigenvalue weighted by Gasteiger charge is -2.32. The van der Waals surface area contributed by atoms with E-state index in [9.17, 15) is 10.2 Å². The SMILES string of the molecule is C=C1CC(O)CC(O)C12CC2. The lowest BCUT2D eigenvalue weighted by atomic mass is 9.78. The Labute approximate surface area is 66.5 Å². The summed E-state index contributed by atoms with van der Waals surface area (Å²) in [7, 11) is 0. The fourth-order valence-corrected chi connectivity index (χ4v) is 2.11. The van der Waals surface area contributed by atoms with Crippen molar-refractivity contribution in [2.45, 2.75) is 37.9 Å². The average Bonchev–Trinajstić information content (AvgIpc) is 2.62. The topological polar surface area (TPSA) is 40.5 Å². The third-order valence-corrected chi connectivity index (χ3v) is 3.11. The van der Waals surface area contributed by atoms with E-state index in [0.29, 0.717) is 12.8 Å². The van der Waals surface area contributed by atoms with E-state index in [0.717, 1.165) is 18.4 Å². The number of aliphatic hydroxyl groups excluding tert-OH is 2. The van der Waals surface area contributed by atoms with Crippen LogP contribution in [0.3, 0.4) is 0 Å². The zero-order valence-corrected chi connectivity index (χ0v) is 6.58. The van der Waals surface area contributed by atoms with Crippen LogP contribution < -0.4 is 0 Å². The summed E-state index contributed by atoms with van der Waals surface area (Å²) in [6, 6.07) is 0. The first-order valence-corrected chi connectivity index (χ1v) is 4.19.